The van der Waals surface area contributed by atoms with Crippen LogP contribution >= 0.6 is 11.6 Å². The first-order valence-corrected chi connectivity index (χ1v) is 9.71. The van der Waals surface area contributed by atoms with E-state index in [0.29, 0.717) is 42.6 Å². The number of rotatable bonds is 5. The fourth-order valence-electron chi connectivity index (χ4n) is 3.67. The minimum atomic E-state index is -0.376. The Balaban J connectivity index is 1.42. The van der Waals surface area contributed by atoms with E-state index in [4.69, 9.17) is 21.1 Å². The maximum atomic E-state index is 13.9. The topological polar surface area (TPSA) is 50.8 Å². The largest absolute Gasteiger partial charge is 0.489 e. The van der Waals surface area contributed by atoms with E-state index in [0.717, 1.165) is 12.1 Å². The van der Waals surface area contributed by atoms with Gasteiger partial charge in [0.2, 0.25) is 5.91 Å². The van der Waals surface area contributed by atoms with Crippen molar-refractivity contribution in [3.8, 4) is 5.75 Å². The summed E-state index contributed by atoms with van der Waals surface area (Å²) >= 11 is 6.06. The number of ether oxygens (including phenoxy) is 2. The number of benzene rings is 2. The highest BCUT2D eigenvalue weighted by molar-refractivity contribution is 6.31. The van der Waals surface area contributed by atoms with Crippen molar-refractivity contribution in [3.05, 3.63) is 64.4 Å². The summed E-state index contributed by atoms with van der Waals surface area (Å²) in [5, 5.41) is 3.39. The molecule has 2 aromatic carbocycles. The van der Waals surface area contributed by atoms with E-state index in [1.165, 1.54) is 6.07 Å². The molecule has 0 radical (unpaired) electrons. The molecule has 7 heteroatoms. The predicted molar refractivity (Wildman–Crippen MR) is 104 cm³/mol. The van der Waals surface area contributed by atoms with Gasteiger partial charge in [0, 0.05) is 25.2 Å². The Bertz CT molecular complexity index is 843. The molecule has 5 nitrogen and oxygen atoms in total. The molecular formula is C21H22ClFN2O3. The first-order valence-electron chi connectivity index (χ1n) is 9.33. The van der Waals surface area contributed by atoms with Crippen LogP contribution in [0.3, 0.4) is 0 Å². The van der Waals surface area contributed by atoms with Gasteiger partial charge in [0.05, 0.1) is 30.2 Å². The molecule has 2 fully saturated rings. The monoisotopic (exact) mass is 404 g/mol. The molecule has 0 unspecified atom stereocenters. The summed E-state index contributed by atoms with van der Waals surface area (Å²) in [7, 11) is 0. The van der Waals surface area contributed by atoms with Crippen LogP contribution in [-0.4, -0.2) is 43.2 Å². The second-order valence-electron chi connectivity index (χ2n) is 7.27. The standard InChI is InChI=1S/C21H22ClFN2O3/c22-19-5-2-6-20(23)18(19)13-28-17-4-1-3-14(7-17)8-25-9-15-11-27-12-16(10-25)24-21(15)26/h1-7,15-16H,8-13H2,(H,24,26)/t15-,16+/m1/s1. The summed E-state index contributed by atoms with van der Waals surface area (Å²) in [6.07, 6.45) is 0. The molecule has 148 valence electrons. The second-order valence-corrected chi connectivity index (χ2v) is 7.68. The predicted octanol–water partition coefficient (Wildman–Crippen LogP) is 3.00. The molecular weight excluding hydrogens is 383 g/mol. The third-order valence-electron chi connectivity index (χ3n) is 5.06. The molecule has 2 aliphatic rings. The summed E-state index contributed by atoms with van der Waals surface area (Å²) in [5.74, 6) is 0.211. The summed E-state index contributed by atoms with van der Waals surface area (Å²) in [4.78, 5) is 14.4. The number of carbonyl (C=O) groups excluding carboxylic acids is 1. The number of carbonyl (C=O) groups is 1. The number of hydrogen-bond donors (Lipinski definition) is 1. The van der Waals surface area contributed by atoms with Crippen LogP contribution in [0.2, 0.25) is 5.02 Å². The van der Waals surface area contributed by atoms with Crippen LogP contribution in [0.1, 0.15) is 11.1 Å². The van der Waals surface area contributed by atoms with Crippen molar-refractivity contribution in [2.45, 2.75) is 19.2 Å². The van der Waals surface area contributed by atoms with Crippen molar-refractivity contribution in [1.82, 2.24) is 10.2 Å². The number of nitrogens with zero attached hydrogens (tertiary/aromatic N) is 1. The second kappa shape index (κ2) is 8.47. The van der Waals surface area contributed by atoms with Gasteiger partial charge >= 0.3 is 0 Å². The van der Waals surface area contributed by atoms with E-state index in [2.05, 4.69) is 10.2 Å². The number of nitrogens with one attached hydrogen (secondary N) is 1. The van der Waals surface area contributed by atoms with Gasteiger partial charge in [-0.25, -0.2) is 4.39 Å². The Morgan fingerprint density at radius 1 is 1.21 bits per heavy atom. The smallest absolute Gasteiger partial charge is 0.227 e. The van der Waals surface area contributed by atoms with Gasteiger partial charge in [-0.3, -0.25) is 9.69 Å². The molecule has 2 aromatic rings. The molecule has 1 amide bonds. The summed E-state index contributed by atoms with van der Waals surface area (Å²) in [5.41, 5.74) is 1.42. The molecule has 28 heavy (non-hydrogen) atoms. The van der Waals surface area contributed by atoms with E-state index in [9.17, 15) is 9.18 Å². The van der Waals surface area contributed by atoms with Gasteiger partial charge in [0.15, 0.2) is 0 Å². The third-order valence-corrected chi connectivity index (χ3v) is 5.42. The average Bonchev–Trinajstić information content (AvgIpc) is 2.90. The normalized spacial score (nSPS) is 22.4. The average molecular weight is 405 g/mol. The van der Waals surface area contributed by atoms with Crippen molar-refractivity contribution >= 4 is 17.5 Å². The van der Waals surface area contributed by atoms with Crippen molar-refractivity contribution in [3.63, 3.8) is 0 Å². The fourth-order valence-corrected chi connectivity index (χ4v) is 3.89. The Morgan fingerprint density at radius 2 is 2.07 bits per heavy atom. The maximum Gasteiger partial charge on any atom is 0.227 e. The summed E-state index contributed by atoms with van der Waals surface area (Å²) in [6, 6.07) is 12.3. The summed E-state index contributed by atoms with van der Waals surface area (Å²) in [6.45, 7) is 3.20. The van der Waals surface area contributed by atoms with E-state index in [-0.39, 0.29) is 30.3 Å². The molecule has 4 rings (SSSR count). The van der Waals surface area contributed by atoms with Crippen LogP contribution in [-0.2, 0) is 22.7 Å². The molecule has 2 bridgehead atoms. The highest BCUT2D eigenvalue weighted by atomic mass is 35.5. The van der Waals surface area contributed by atoms with Crippen molar-refractivity contribution < 1.29 is 18.7 Å². The van der Waals surface area contributed by atoms with E-state index in [1.807, 2.05) is 24.3 Å². The quantitative estimate of drug-likeness (QED) is 0.832. The van der Waals surface area contributed by atoms with E-state index >= 15 is 0 Å². The minimum absolute atomic E-state index is 0.0163. The number of amides is 1. The van der Waals surface area contributed by atoms with Gasteiger partial charge in [0.1, 0.15) is 18.2 Å². The van der Waals surface area contributed by atoms with Gasteiger partial charge in [-0.1, -0.05) is 29.8 Å². The zero-order valence-electron chi connectivity index (χ0n) is 15.4. The SMILES string of the molecule is O=C1N[C@@H]2COC[C@H]1CN(Cc1cccc(OCc3c(F)cccc3Cl)c1)C2. The van der Waals surface area contributed by atoms with Crippen molar-refractivity contribution in [1.29, 1.82) is 0 Å². The molecule has 2 heterocycles. The van der Waals surface area contributed by atoms with Gasteiger partial charge in [-0.15, -0.1) is 0 Å². The van der Waals surface area contributed by atoms with Crippen molar-refractivity contribution in [2.24, 2.45) is 5.92 Å². The first kappa shape index (κ1) is 19.2. The van der Waals surface area contributed by atoms with Crippen LogP contribution in [0.4, 0.5) is 4.39 Å². The van der Waals surface area contributed by atoms with Crippen LogP contribution < -0.4 is 10.1 Å². The number of fused-ring (bicyclic) bond motifs is 3. The maximum absolute atomic E-state index is 13.9. The Morgan fingerprint density at radius 3 is 2.93 bits per heavy atom. The van der Waals surface area contributed by atoms with Crippen LogP contribution in [0.5, 0.6) is 5.75 Å². The fraction of sp³-hybridized carbons (Fsp3) is 0.381. The number of halogens is 2. The molecule has 1 N–H and O–H groups in total. The van der Waals surface area contributed by atoms with Crippen LogP contribution in [0.15, 0.2) is 42.5 Å². The van der Waals surface area contributed by atoms with E-state index < -0.39 is 0 Å². The minimum Gasteiger partial charge on any atom is -0.489 e. The molecule has 2 atom stereocenters. The Labute approximate surface area is 168 Å². The van der Waals surface area contributed by atoms with Gasteiger partial charge in [-0.05, 0) is 29.8 Å². The van der Waals surface area contributed by atoms with Crippen LogP contribution in [0, 0.1) is 11.7 Å². The number of hydrogen-bond acceptors (Lipinski definition) is 4. The van der Waals surface area contributed by atoms with Gasteiger partial charge in [0.25, 0.3) is 0 Å². The molecule has 0 aliphatic carbocycles. The molecule has 0 spiro atoms. The van der Waals surface area contributed by atoms with Gasteiger partial charge in [-0.2, -0.15) is 0 Å². The zero-order chi connectivity index (χ0) is 19.5. The Kier molecular flexibility index (Phi) is 5.80. The van der Waals surface area contributed by atoms with E-state index in [1.54, 1.807) is 12.1 Å². The highest BCUT2D eigenvalue weighted by Crippen LogP contribution is 2.23. The first-order chi connectivity index (χ1) is 13.6. The molecule has 0 aromatic heterocycles. The zero-order valence-corrected chi connectivity index (χ0v) is 16.1. The molecule has 2 aliphatic heterocycles. The van der Waals surface area contributed by atoms with Crippen molar-refractivity contribution in [2.75, 3.05) is 26.3 Å². The lowest BCUT2D eigenvalue weighted by atomic mass is 10.1. The third kappa shape index (κ3) is 4.46. The Hall–Kier alpha value is -2.15. The van der Waals surface area contributed by atoms with Crippen LogP contribution in [0.25, 0.3) is 0 Å². The highest BCUT2D eigenvalue weighted by Gasteiger charge is 2.33. The molecule has 2 saturated heterocycles. The molecule has 0 saturated carbocycles. The lowest BCUT2D eigenvalue weighted by Crippen LogP contribution is -2.41. The lowest BCUT2D eigenvalue weighted by molar-refractivity contribution is -0.125. The lowest BCUT2D eigenvalue weighted by Gasteiger charge is -2.27. The van der Waals surface area contributed by atoms with Gasteiger partial charge < -0.3 is 14.8 Å². The summed E-state index contributed by atoms with van der Waals surface area (Å²) < 4.78 is 25.3.